The second kappa shape index (κ2) is 8.43. The molecule has 0 saturated heterocycles. The monoisotopic (exact) mass is 419 g/mol. The van der Waals surface area contributed by atoms with Gasteiger partial charge in [0.2, 0.25) is 5.89 Å². The smallest absolute Gasteiger partial charge is 0.268 e. The maximum absolute atomic E-state index is 13.8. The van der Waals surface area contributed by atoms with E-state index < -0.39 is 6.43 Å². The maximum Gasteiger partial charge on any atom is 0.268 e. The molecule has 0 aliphatic carbocycles. The molecule has 4 aromatic rings. The van der Waals surface area contributed by atoms with Crippen LogP contribution in [-0.2, 0) is 0 Å². The summed E-state index contributed by atoms with van der Waals surface area (Å²) in [6.07, 6.45) is 0.193. The Morgan fingerprint density at radius 2 is 1.68 bits per heavy atom. The summed E-state index contributed by atoms with van der Waals surface area (Å²) in [7, 11) is 3.61. The van der Waals surface area contributed by atoms with Crippen LogP contribution < -0.4 is 0 Å². The highest BCUT2D eigenvalue weighted by Crippen LogP contribution is 2.33. The standard InChI is InChI=1S/C23H19F2N5O/c1-14(30(2)3)16-9-10-17(18(11-16)21(24)25)19-12-26-13-20(27-19)23-29-28-22(31-23)15-7-5-4-6-8-15/h4-13,21H,1H2,2-3H3. The third-order valence-corrected chi connectivity index (χ3v) is 4.74. The number of rotatable bonds is 6. The molecular formula is C23H19F2N5O. The van der Waals surface area contributed by atoms with E-state index in [1.807, 2.05) is 30.3 Å². The molecule has 0 unspecified atom stereocenters. The van der Waals surface area contributed by atoms with E-state index in [2.05, 4.69) is 26.7 Å². The second-order valence-electron chi connectivity index (χ2n) is 7.01. The Kier molecular flexibility index (Phi) is 5.53. The Morgan fingerprint density at radius 3 is 2.39 bits per heavy atom. The first-order valence-electron chi connectivity index (χ1n) is 9.44. The number of alkyl halides is 2. The fourth-order valence-electron chi connectivity index (χ4n) is 3.04. The summed E-state index contributed by atoms with van der Waals surface area (Å²) in [5, 5.41) is 8.07. The van der Waals surface area contributed by atoms with E-state index in [4.69, 9.17) is 4.42 Å². The molecule has 0 aliphatic heterocycles. The molecule has 31 heavy (non-hydrogen) atoms. The van der Waals surface area contributed by atoms with Crippen molar-refractivity contribution in [1.29, 1.82) is 0 Å². The van der Waals surface area contributed by atoms with Crippen LogP contribution in [0.3, 0.4) is 0 Å². The van der Waals surface area contributed by atoms with E-state index in [1.54, 1.807) is 31.1 Å². The Bertz CT molecular complexity index is 1220. The van der Waals surface area contributed by atoms with E-state index in [1.165, 1.54) is 18.5 Å². The minimum atomic E-state index is -2.69. The van der Waals surface area contributed by atoms with E-state index in [0.29, 0.717) is 22.8 Å². The Labute approximate surface area is 177 Å². The van der Waals surface area contributed by atoms with Crippen LogP contribution >= 0.6 is 0 Å². The molecular weight excluding hydrogens is 400 g/mol. The lowest BCUT2D eigenvalue weighted by molar-refractivity contribution is 0.152. The van der Waals surface area contributed by atoms with Crippen molar-refractivity contribution in [2.24, 2.45) is 0 Å². The van der Waals surface area contributed by atoms with Crippen molar-refractivity contribution in [3.63, 3.8) is 0 Å². The first kappa shape index (κ1) is 20.3. The maximum atomic E-state index is 13.8. The minimum absolute atomic E-state index is 0.151. The topological polar surface area (TPSA) is 67.9 Å². The molecule has 0 fully saturated rings. The van der Waals surface area contributed by atoms with Gasteiger partial charge in [-0.05, 0) is 23.8 Å². The van der Waals surface area contributed by atoms with Gasteiger partial charge in [-0.25, -0.2) is 13.8 Å². The van der Waals surface area contributed by atoms with Crippen LogP contribution in [0.25, 0.3) is 40.0 Å². The van der Waals surface area contributed by atoms with Gasteiger partial charge in [0, 0.05) is 36.5 Å². The molecule has 0 amide bonds. The van der Waals surface area contributed by atoms with Gasteiger partial charge in [-0.15, -0.1) is 10.2 Å². The molecule has 6 nitrogen and oxygen atoms in total. The summed E-state index contributed by atoms with van der Waals surface area (Å²) < 4.78 is 33.4. The number of hydrogen-bond acceptors (Lipinski definition) is 6. The average molecular weight is 419 g/mol. The van der Waals surface area contributed by atoms with Crippen molar-refractivity contribution in [3.8, 4) is 34.3 Å². The molecule has 0 aliphatic rings. The molecule has 0 radical (unpaired) electrons. The number of benzene rings is 2. The molecule has 0 spiro atoms. The Hall–Kier alpha value is -3.94. The molecule has 2 aromatic carbocycles. The van der Waals surface area contributed by atoms with Crippen LogP contribution in [-0.4, -0.2) is 39.2 Å². The molecule has 8 heteroatoms. The largest absolute Gasteiger partial charge is 0.415 e. The van der Waals surface area contributed by atoms with Crippen LogP contribution in [0, 0.1) is 0 Å². The van der Waals surface area contributed by atoms with Crippen LogP contribution in [0.4, 0.5) is 8.78 Å². The van der Waals surface area contributed by atoms with Gasteiger partial charge in [-0.2, -0.15) is 0 Å². The van der Waals surface area contributed by atoms with Crippen LogP contribution in [0.1, 0.15) is 17.6 Å². The molecule has 156 valence electrons. The van der Waals surface area contributed by atoms with Crippen LogP contribution in [0.5, 0.6) is 0 Å². The predicted molar refractivity (Wildman–Crippen MR) is 114 cm³/mol. The SMILES string of the molecule is C=C(c1ccc(-c2cncc(-c3nnc(-c4ccccc4)o3)n2)c(C(F)F)c1)N(C)C. The lowest BCUT2D eigenvalue weighted by atomic mass is 10.00. The molecule has 2 heterocycles. The summed E-state index contributed by atoms with van der Waals surface area (Å²) in [5.74, 6) is 0.493. The van der Waals surface area contributed by atoms with Crippen molar-refractivity contribution in [2.75, 3.05) is 14.1 Å². The first-order valence-corrected chi connectivity index (χ1v) is 9.44. The summed E-state index contributed by atoms with van der Waals surface area (Å²) >= 11 is 0. The highest BCUT2D eigenvalue weighted by atomic mass is 19.3. The fourth-order valence-corrected chi connectivity index (χ4v) is 3.04. The van der Waals surface area contributed by atoms with Crippen molar-refractivity contribution < 1.29 is 13.2 Å². The predicted octanol–water partition coefficient (Wildman–Crippen LogP) is 5.33. The zero-order valence-electron chi connectivity index (χ0n) is 17.0. The van der Waals surface area contributed by atoms with E-state index in [0.717, 1.165) is 5.56 Å². The number of nitrogens with zero attached hydrogens (tertiary/aromatic N) is 5. The van der Waals surface area contributed by atoms with Crippen molar-refractivity contribution in [1.82, 2.24) is 25.1 Å². The van der Waals surface area contributed by atoms with Crippen molar-refractivity contribution in [2.45, 2.75) is 6.43 Å². The van der Waals surface area contributed by atoms with Gasteiger partial charge in [-0.3, -0.25) is 4.98 Å². The lowest BCUT2D eigenvalue weighted by Crippen LogP contribution is -2.09. The minimum Gasteiger partial charge on any atom is -0.415 e. The van der Waals surface area contributed by atoms with E-state index in [-0.39, 0.29) is 22.7 Å². The van der Waals surface area contributed by atoms with Gasteiger partial charge in [-0.1, -0.05) is 36.9 Å². The summed E-state index contributed by atoms with van der Waals surface area (Å²) in [5.41, 5.74) is 2.72. The zero-order chi connectivity index (χ0) is 22.0. The van der Waals surface area contributed by atoms with Gasteiger partial charge in [0.1, 0.15) is 5.69 Å². The number of halogens is 2. The molecule has 0 N–H and O–H groups in total. The lowest BCUT2D eigenvalue weighted by Gasteiger charge is -2.18. The van der Waals surface area contributed by atoms with Gasteiger partial charge < -0.3 is 9.32 Å². The van der Waals surface area contributed by atoms with Gasteiger partial charge in [0.05, 0.1) is 18.1 Å². The quantitative estimate of drug-likeness (QED) is 0.421. The molecule has 4 rings (SSSR count). The summed E-state index contributed by atoms with van der Waals surface area (Å²) in [4.78, 5) is 10.4. The van der Waals surface area contributed by atoms with Gasteiger partial charge in [0.25, 0.3) is 12.3 Å². The van der Waals surface area contributed by atoms with E-state index in [9.17, 15) is 8.78 Å². The number of hydrogen-bond donors (Lipinski definition) is 0. The summed E-state index contributed by atoms with van der Waals surface area (Å²) in [6.45, 7) is 3.93. The first-order chi connectivity index (χ1) is 14.9. The third-order valence-electron chi connectivity index (χ3n) is 4.74. The van der Waals surface area contributed by atoms with Crippen LogP contribution in [0.15, 0.2) is 71.9 Å². The van der Waals surface area contributed by atoms with Gasteiger partial charge in [0.15, 0.2) is 0 Å². The zero-order valence-corrected chi connectivity index (χ0v) is 17.0. The molecule has 0 atom stereocenters. The second-order valence-corrected chi connectivity index (χ2v) is 7.01. The van der Waals surface area contributed by atoms with Crippen LogP contribution in [0.2, 0.25) is 0 Å². The van der Waals surface area contributed by atoms with E-state index >= 15 is 0 Å². The van der Waals surface area contributed by atoms with Crippen molar-refractivity contribution in [3.05, 3.63) is 78.6 Å². The molecule has 0 bridgehead atoms. The number of aromatic nitrogens is 4. The highest BCUT2D eigenvalue weighted by molar-refractivity contribution is 5.71. The molecule has 2 aromatic heterocycles. The van der Waals surface area contributed by atoms with Crippen molar-refractivity contribution >= 4 is 5.70 Å². The Morgan fingerprint density at radius 1 is 0.968 bits per heavy atom. The molecule has 0 saturated carbocycles. The third kappa shape index (κ3) is 4.18. The normalized spacial score (nSPS) is 11.0. The highest BCUT2D eigenvalue weighted by Gasteiger charge is 2.19. The fraction of sp³-hybridized carbons (Fsp3) is 0.130. The van der Waals surface area contributed by atoms with Gasteiger partial charge >= 0.3 is 0 Å². The summed E-state index contributed by atoms with van der Waals surface area (Å²) in [6, 6.07) is 14.1. The average Bonchev–Trinajstić information content (AvgIpc) is 3.29. The Balaban J connectivity index is 1.72.